The molecule has 0 aromatic heterocycles. The van der Waals surface area contributed by atoms with Crippen LogP contribution in [0.1, 0.15) is 12.8 Å². The number of ether oxygens (including phenoxy) is 1. The third-order valence-corrected chi connectivity index (χ3v) is 2.00. The molecule has 14 heavy (non-hydrogen) atoms. The third kappa shape index (κ3) is 4.57. The molecule has 1 heterocycles. The molecule has 1 saturated heterocycles. The number of carbonyl (C=O) groups is 1. The summed E-state index contributed by atoms with van der Waals surface area (Å²) in [6.07, 6.45) is -3.30. The summed E-state index contributed by atoms with van der Waals surface area (Å²) in [5.41, 5.74) is 0. The van der Waals surface area contributed by atoms with E-state index in [4.69, 9.17) is 0 Å². The number of carbonyl (C=O) groups excluding carboxylic acids is 1. The van der Waals surface area contributed by atoms with Gasteiger partial charge < -0.3 is 0 Å². The first-order chi connectivity index (χ1) is 6.47. The number of halogens is 3. The van der Waals surface area contributed by atoms with Crippen LogP contribution in [0.2, 0.25) is 0 Å². The van der Waals surface area contributed by atoms with E-state index in [0.29, 0.717) is 13.0 Å². The van der Waals surface area contributed by atoms with E-state index in [0.717, 1.165) is 6.42 Å². The van der Waals surface area contributed by atoms with Crippen molar-refractivity contribution in [2.45, 2.75) is 19.2 Å². The van der Waals surface area contributed by atoms with E-state index in [1.165, 1.54) is 0 Å². The van der Waals surface area contributed by atoms with E-state index in [9.17, 15) is 18.0 Å². The molecule has 3 nitrogen and oxygen atoms in total. The van der Waals surface area contributed by atoms with Crippen molar-refractivity contribution in [1.82, 2.24) is 4.90 Å². The maximum absolute atomic E-state index is 11.6. The van der Waals surface area contributed by atoms with Gasteiger partial charge in [0.1, 0.15) is 5.78 Å². The van der Waals surface area contributed by atoms with Crippen molar-refractivity contribution in [2.24, 2.45) is 0 Å². The minimum absolute atomic E-state index is 0.0864. The number of rotatable bonds is 3. The SMILES string of the molecule is O=C1CCCN(CCOC(F)(F)F)C1. The zero-order chi connectivity index (χ0) is 10.6. The van der Waals surface area contributed by atoms with Gasteiger partial charge in [-0.05, 0) is 13.0 Å². The summed E-state index contributed by atoms with van der Waals surface area (Å²) in [5.74, 6) is 0.0864. The average Bonchev–Trinajstić information content (AvgIpc) is 2.01. The zero-order valence-electron chi connectivity index (χ0n) is 7.64. The summed E-state index contributed by atoms with van der Waals surface area (Å²) in [5, 5.41) is 0. The molecule has 0 saturated carbocycles. The van der Waals surface area contributed by atoms with Gasteiger partial charge in [0.2, 0.25) is 0 Å². The molecule has 82 valence electrons. The lowest BCUT2D eigenvalue weighted by atomic mass is 10.1. The Kier molecular flexibility index (Phi) is 3.88. The van der Waals surface area contributed by atoms with Gasteiger partial charge in [-0.2, -0.15) is 0 Å². The van der Waals surface area contributed by atoms with Crippen LogP contribution in [0.25, 0.3) is 0 Å². The van der Waals surface area contributed by atoms with Gasteiger partial charge in [0.15, 0.2) is 0 Å². The van der Waals surface area contributed by atoms with Crippen LogP contribution in [0.4, 0.5) is 13.2 Å². The van der Waals surface area contributed by atoms with E-state index < -0.39 is 13.0 Å². The molecular weight excluding hydrogens is 199 g/mol. The van der Waals surface area contributed by atoms with Crippen molar-refractivity contribution in [3.8, 4) is 0 Å². The number of Topliss-reactive ketones (excluding diaryl/α,β-unsaturated/α-hetero) is 1. The molecule has 0 aromatic carbocycles. The Labute approximate surface area is 79.8 Å². The van der Waals surface area contributed by atoms with Crippen molar-refractivity contribution in [3.63, 3.8) is 0 Å². The molecule has 0 amide bonds. The molecule has 0 spiro atoms. The number of alkyl halides is 3. The maximum atomic E-state index is 11.6. The van der Waals surface area contributed by atoms with Gasteiger partial charge >= 0.3 is 6.36 Å². The molecule has 1 rings (SSSR count). The molecule has 1 aliphatic rings. The van der Waals surface area contributed by atoms with Gasteiger partial charge in [0, 0.05) is 13.0 Å². The number of piperidine rings is 1. The Morgan fingerprint density at radius 3 is 2.71 bits per heavy atom. The first-order valence-electron chi connectivity index (χ1n) is 4.42. The van der Waals surface area contributed by atoms with E-state index in [2.05, 4.69) is 4.74 Å². The van der Waals surface area contributed by atoms with E-state index in [1.54, 1.807) is 4.90 Å². The Balaban J connectivity index is 2.15. The van der Waals surface area contributed by atoms with Gasteiger partial charge in [-0.25, -0.2) is 0 Å². The van der Waals surface area contributed by atoms with Crippen molar-refractivity contribution >= 4 is 5.78 Å². The summed E-state index contributed by atoms with van der Waals surface area (Å²) in [4.78, 5) is 12.6. The lowest BCUT2D eigenvalue weighted by molar-refractivity contribution is -0.325. The van der Waals surface area contributed by atoms with Crippen LogP contribution in [0.5, 0.6) is 0 Å². The largest absolute Gasteiger partial charge is 0.522 e. The van der Waals surface area contributed by atoms with E-state index in [1.807, 2.05) is 0 Å². The number of ketones is 1. The van der Waals surface area contributed by atoms with Crippen LogP contribution >= 0.6 is 0 Å². The molecule has 0 radical (unpaired) electrons. The summed E-state index contributed by atoms with van der Waals surface area (Å²) >= 11 is 0. The maximum Gasteiger partial charge on any atom is 0.522 e. The molecule has 0 bridgehead atoms. The topological polar surface area (TPSA) is 29.5 Å². The highest BCUT2D eigenvalue weighted by molar-refractivity contribution is 5.81. The Morgan fingerprint density at radius 1 is 1.43 bits per heavy atom. The van der Waals surface area contributed by atoms with Crippen LogP contribution in [-0.4, -0.2) is 43.3 Å². The smallest absolute Gasteiger partial charge is 0.298 e. The third-order valence-electron chi connectivity index (χ3n) is 2.00. The van der Waals surface area contributed by atoms with Crippen LogP contribution in [0.15, 0.2) is 0 Å². The molecule has 1 fully saturated rings. The van der Waals surface area contributed by atoms with Crippen molar-refractivity contribution in [2.75, 3.05) is 26.2 Å². The molecule has 0 N–H and O–H groups in total. The standard InChI is InChI=1S/C8H12F3NO2/c9-8(10,11)14-5-4-12-3-1-2-7(13)6-12/h1-6H2. The molecule has 0 unspecified atom stereocenters. The lowest BCUT2D eigenvalue weighted by Gasteiger charge is -2.25. The minimum Gasteiger partial charge on any atom is -0.298 e. The Bertz CT molecular complexity index is 205. The minimum atomic E-state index is -4.57. The summed E-state index contributed by atoms with van der Waals surface area (Å²) in [6, 6.07) is 0. The fraction of sp³-hybridized carbons (Fsp3) is 0.875. The van der Waals surface area contributed by atoms with Gasteiger partial charge in [-0.1, -0.05) is 0 Å². The second-order valence-electron chi connectivity index (χ2n) is 3.21. The molecular formula is C8H12F3NO2. The van der Waals surface area contributed by atoms with Gasteiger partial charge in [0.05, 0.1) is 13.2 Å². The summed E-state index contributed by atoms with van der Waals surface area (Å²) in [6.45, 7) is 0.677. The highest BCUT2D eigenvalue weighted by Gasteiger charge is 2.29. The zero-order valence-corrected chi connectivity index (χ0v) is 7.64. The lowest BCUT2D eigenvalue weighted by Crippen LogP contribution is -2.38. The van der Waals surface area contributed by atoms with Crippen molar-refractivity contribution in [1.29, 1.82) is 0 Å². The monoisotopic (exact) mass is 211 g/mol. The highest BCUT2D eigenvalue weighted by Crippen LogP contribution is 2.16. The van der Waals surface area contributed by atoms with Gasteiger partial charge in [0.25, 0.3) is 0 Å². The second-order valence-corrected chi connectivity index (χ2v) is 3.21. The highest BCUT2D eigenvalue weighted by atomic mass is 19.4. The molecule has 6 heteroatoms. The van der Waals surface area contributed by atoms with E-state index >= 15 is 0 Å². The molecule has 1 aliphatic heterocycles. The Morgan fingerprint density at radius 2 is 2.14 bits per heavy atom. The molecule has 0 aromatic rings. The molecule has 0 aliphatic carbocycles. The number of hydrogen-bond donors (Lipinski definition) is 0. The summed E-state index contributed by atoms with van der Waals surface area (Å²) < 4.78 is 38.4. The predicted octanol–water partition coefficient (Wildman–Crippen LogP) is 1.19. The first kappa shape index (κ1) is 11.5. The average molecular weight is 211 g/mol. The quantitative estimate of drug-likeness (QED) is 0.702. The fourth-order valence-corrected chi connectivity index (χ4v) is 1.39. The predicted molar refractivity (Wildman–Crippen MR) is 42.7 cm³/mol. The second kappa shape index (κ2) is 4.75. The van der Waals surface area contributed by atoms with Crippen LogP contribution in [-0.2, 0) is 9.53 Å². The normalized spacial score (nSPS) is 20.1. The first-order valence-corrected chi connectivity index (χ1v) is 4.42. The Hall–Kier alpha value is -0.620. The van der Waals surface area contributed by atoms with Gasteiger partial charge in [-0.3, -0.25) is 14.4 Å². The number of hydrogen-bond acceptors (Lipinski definition) is 3. The number of nitrogens with zero attached hydrogens (tertiary/aromatic N) is 1. The van der Waals surface area contributed by atoms with Crippen LogP contribution in [0, 0.1) is 0 Å². The van der Waals surface area contributed by atoms with E-state index in [-0.39, 0.29) is 18.9 Å². The van der Waals surface area contributed by atoms with Crippen molar-refractivity contribution in [3.05, 3.63) is 0 Å². The van der Waals surface area contributed by atoms with Crippen molar-refractivity contribution < 1.29 is 22.7 Å². The fourth-order valence-electron chi connectivity index (χ4n) is 1.39. The van der Waals surface area contributed by atoms with Gasteiger partial charge in [-0.15, -0.1) is 13.2 Å². The number of likely N-dealkylation sites (tertiary alicyclic amines) is 1. The van der Waals surface area contributed by atoms with Crippen LogP contribution < -0.4 is 0 Å². The summed E-state index contributed by atoms with van der Waals surface area (Å²) in [7, 11) is 0. The van der Waals surface area contributed by atoms with Crippen LogP contribution in [0.3, 0.4) is 0 Å². The molecule has 0 atom stereocenters.